The molecule has 0 aromatic carbocycles. The van der Waals surface area contributed by atoms with Gasteiger partial charge in [0.2, 0.25) is 5.91 Å². The zero-order valence-electron chi connectivity index (χ0n) is 16.5. The highest BCUT2D eigenvalue weighted by Crippen LogP contribution is 2.23. The van der Waals surface area contributed by atoms with Crippen molar-refractivity contribution in [1.29, 1.82) is 0 Å². The summed E-state index contributed by atoms with van der Waals surface area (Å²) < 4.78 is 9.46. The van der Waals surface area contributed by atoms with Gasteiger partial charge in [-0.25, -0.2) is 4.68 Å². The van der Waals surface area contributed by atoms with Crippen molar-refractivity contribution in [1.82, 2.24) is 19.2 Å². The van der Waals surface area contributed by atoms with Gasteiger partial charge in [0.25, 0.3) is 0 Å². The largest absolute Gasteiger partial charge is 0.467 e. The molecule has 3 rings (SSSR count). The molecule has 3 aromatic heterocycles. The second-order valence-electron chi connectivity index (χ2n) is 7.00. The summed E-state index contributed by atoms with van der Waals surface area (Å²) in [6, 6.07) is 8.05. The van der Waals surface area contributed by atoms with Crippen LogP contribution < -0.4 is 0 Å². The lowest BCUT2D eigenvalue weighted by Gasteiger charge is -2.15. The Bertz CT molecular complexity index is 945. The van der Waals surface area contributed by atoms with E-state index in [1.54, 1.807) is 24.3 Å². The van der Waals surface area contributed by atoms with E-state index in [0.717, 1.165) is 28.5 Å². The number of nitrogens with zero attached hydrogens (tertiary/aromatic N) is 4. The molecule has 3 heterocycles. The van der Waals surface area contributed by atoms with Crippen LogP contribution in [0.2, 0.25) is 0 Å². The van der Waals surface area contributed by atoms with Crippen LogP contribution >= 0.6 is 0 Å². The van der Waals surface area contributed by atoms with Gasteiger partial charge in [-0.3, -0.25) is 4.79 Å². The summed E-state index contributed by atoms with van der Waals surface area (Å²) in [7, 11) is 1.76. The smallest absolute Gasteiger partial charge is 0.246 e. The van der Waals surface area contributed by atoms with Crippen LogP contribution in [0.25, 0.3) is 11.9 Å². The van der Waals surface area contributed by atoms with Gasteiger partial charge < -0.3 is 13.9 Å². The summed E-state index contributed by atoms with van der Waals surface area (Å²) in [5.41, 5.74) is 3.20. The van der Waals surface area contributed by atoms with Gasteiger partial charge in [0, 0.05) is 36.6 Å². The zero-order valence-corrected chi connectivity index (χ0v) is 16.5. The van der Waals surface area contributed by atoms with E-state index < -0.39 is 0 Å². The molecule has 142 valence electrons. The summed E-state index contributed by atoms with van der Waals surface area (Å²) in [4.78, 5) is 14.0. The zero-order chi connectivity index (χ0) is 19.6. The molecule has 3 aromatic rings. The molecule has 0 bridgehead atoms. The quantitative estimate of drug-likeness (QED) is 0.616. The lowest BCUT2D eigenvalue weighted by atomic mass is 10.2. The Balaban J connectivity index is 1.81. The van der Waals surface area contributed by atoms with Gasteiger partial charge in [-0.05, 0) is 57.5 Å². The van der Waals surface area contributed by atoms with Gasteiger partial charge in [-0.2, -0.15) is 5.10 Å². The Kier molecular flexibility index (Phi) is 5.35. The molecule has 0 radical (unpaired) electrons. The van der Waals surface area contributed by atoms with Crippen molar-refractivity contribution in [2.75, 3.05) is 7.05 Å². The molecule has 6 nitrogen and oxygen atoms in total. The molecular formula is C21H26N4O2. The van der Waals surface area contributed by atoms with E-state index in [-0.39, 0.29) is 11.9 Å². The van der Waals surface area contributed by atoms with Crippen molar-refractivity contribution in [3.8, 4) is 5.82 Å². The van der Waals surface area contributed by atoms with Crippen LogP contribution in [0.3, 0.4) is 0 Å². The van der Waals surface area contributed by atoms with Gasteiger partial charge >= 0.3 is 0 Å². The molecule has 0 fully saturated rings. The minimum absolute atomic E-state index is 0.0663. The highest BCUT2D eigenvalue weighted by Gasteiger charge is 2.15. The SMILES string of the molecule is Cc1cc(/C=C/C(=O)N(C)Cc2ccco2)c(C)n1-c1ccnn1C(C)C. The fraction of sp³-hybridized carbons (Fsp3) is 0.333. The Morgan fingerprint density at radius 3 is 2.78 bits per heavy atom. The Morgan fingerprint density at radius 1 is 1.33 bits per heavy atom. The summed E-state index contributed by atoms with van der Waals surface area (Å²) in [6.07, 6.45) is 6.90. The Hall–Kier alpha value is -3.02. The maximum atomic E-state index is 12.4. The maximum absolute atomic E-state index is 12.4. The molecule has 0 aliphatic heterocycles. The first-order chi connectivity index (χ1) is 12.9. The molecular weight excluding hydrogens is 340 g/mol. The first-order valence-electron chi connectivity index (χ1n) is 9.07. The molecule has 0 unspecified atom stereocenters. The predicted molar refractivity (Wildman–Crippen MR) is 106 cm³/mol. The minimum atomic E-state index is -0.0663. The summed E-state index contributed by atoms with van der Waals surface area (Å²) in [5, 5.41) is 4.42. The summed E-state index contributed by atoms with van der Waals surface area (Å²) in [6.45, 7) is 8.79. The molecule has 0 saturated carbocycles. The summed E-state index contributed by atoms with van der Waals surface area (Å²) in [5.74, 6) is 1.73. The minimum Gasteiger partial charge on any atom is -0.467 e. The van der Waals surface area contributed by atoms with Crippen LogP contribution in [0.15, 0.2) is 47.2 Å². The molecule has 0 aliphatic carbocycles. The van der Waals surface area contributed by atoms with Crippen molar-refractivity contribution >= 4 is 12.0 Å². The molecule has 0 aliphatic rings. The number of rotatable bonds is 6. The third-order valence-electron chi connectivity index (χ3n) is 4.59. The van der Waals surface area contributed by atoms with E-state index in [2.05, 4.69) is 43.4 Å². The van der Waals surface area contributed by atoms with E-state index >= 15 is 0 Å². The third-order valence-corrected chi connectivity index (χ3v) is 4.59. The van der Waals surface area contributed by atoms with E-state index in [9.17, 15) is 4.79 Å². The first-order valence-corrected chi connectivity index (χ1v) is 9.07. The first kappa shape index (κ1) is 18.8. The van der Waals surface area contributed by atoms with E-state index in [1.165, 1.54) is 0 Å². The van der Waals surface area contributed by atoms with Gasteiger partial charge in [-0.1, -0.05) is 0 Å². The van der Waals surface area contributed by atoms with Crippen LogP contribution in [0.5, 0.6) is 0 Å². The second kappa shape index (κ2) is 7.70. The van der Waals surface area contributed by atoms with Crippen LogP contribution in [0, 0.1) is 13.8 Å². The molecule has 0 N–H and O–H groups in total. The fourth-order valence-electron chi connectivity index (χ4n) is 3.19. The van der Waals surface area contributed by atoms with Crippen molar-refractivity contribution in [3.63, 3.8) is 0 Å². The molecule has 6 heteroatoms. The normalized spacial score (nSPS) is 11.6. The Labute approximate surface area is 159 Å². The van der Waals surface area contributed by atoms with Crippen LogP contribution in [0.4, 0.5) is 0 Å². The van der Waals surface area contributed by atoms with Crippen LogP contribution in [0.1, 0.15) is 42.6 Å². The van der Waals surface area contributed by atoms with Crippen molar-refractivity contribution in [2.24, 2.45) is 0 Å². The molecule has 1 amide bonds. The third kappa shape index (κ3) is 3.89. The monoisotopic (exact) mass is 366 g/mol. The second-order valence-corrected chi connectivity index (χ2v) is 7.00. The average molecular weight is 366 g/mol. The highest BCUT2D eigenvalue weighted by atomic mass is 16.3. The standard InChI is InChI=1S/C21H26N4O2/c1-15(2)25-20(10-11-22-25)24-16(3)13-18(17(24)4)8-9-21(26)23(5)14-19-7-6-12-27-19/h6-13,15H,14H2,1-5H3/b9-8+. The molecule has 0 atom stereocenters. The molecule has 27 heavy (non-hydrogen) atoms. The maximum Gasteiger partial charge on any atom is 0.246 e. The number of aromatic nitrogens is 3. The number of carbonyl (C=O) groups is 1. The highest BCUT2D eigenvalue weighted by molar-refractivity contribution is 5.91. The van der Waals surface area contributed by atoms with Crippen molar-refractivity contribution < 1.29 is 9.21 Å². The fourth-order valence-corrected chi connectivity index (χ4v) is 3.19. The number of amides is 1. The van der Waals surface area contributed by atoms with Gasteiger partial charge in [0.15, 0.2) is 0 Å². The predicted octanol–water partition coefficient (Wildman–Crippen LogP) is 4.14. The van der Waals surface area contributed by atoms with Gasteiger partial charge in [-0.15, -0.1) is 0 Å². The van der Waals surface area contributed by atoms with Crippen LogP contribution in [-0.2, 0) is 11.3 Å². The topological polar surface area (TPSA) is 56.2 Å². The van der Waals surface area contributed by atoms with Crippen molar-refractivity contribution in [3.05, 3.63) is 65.5 Å². The summed E-state index contributed by atoms with van der Waals surface area (Å²) >= 11 is 0. The van der Waals surface area contributed by atoms with E-state index in [4.69, 9.17) is 4.42 Å². The van der Waals surface area contributed by atoms with E-state index in [1.807, 2.05) is 35.2 Å². The lowest BCUT2D eigenvalue weighted by molar-refractivity contribution is -0.125. The number of likely N-dealkylation sites (N-methyl/N-ethyl adjacent to an activating group) is 1. The van der Waals surface area contributed by atoms with E-state index in [0.29, 0.717) is 6.54 Å². The van der Waals surface area contributed by atoms with Gasteiger partial charge in [0.1, 0.15) is 11.6 Å². The number of aryl methyl sites for hydroxylation is 1. The van der Waals surface area contributed by atoms with Crippen molar-refractivity contribution in [2.45, 2.75) is 40.3 Å². The molecule has 0 spiro atoms. The van der Waals surface area contributed by atoms with Crippen LogP contribution in [-0.4, -0.2) is 32.2 Å². The number of carbonyl (C=O) groups excluding carboxylic acids is 1. The number of hydrogen-bond donors (Lipinski definition) is 0. The lowest BCUT2D eigenvalue weighted by Crippen LogP contribution is -2.23. The van der Waals surface area contributed by atoms with Gasteiger partial charge in [0.05, 0.1) is 19.0 Å². The number of hydrogen-bond acceptors (Lipinski definition) is 3. The Morgan fingerprint density at radius 2 is 2.11 bits per heavy atom. The average Bonchev–Trinajstić information content (AvgIpc) is 3.34. The molecule has 0 saturated heterocycles. The number of furan rings is 1.